The van der Waals surface area contributed by atoms with E-state index in [1.807, 2.05) is 30.3 Å². The molecule has 0 radical (unpaired) electrons. The fourth-order valence-electron chi connectivity index (χ4n) is 2.92. The average Bonchev–Trinajstić information content (AvgIpc) is 2.91. The number of hydrogen-bond donors (Lipinski definition) is 1. The van der Waals surface area contributed by atoms with Crippen LogP contribution < -0.4 is 11.0 Å². The summed E-state index contributed by atoms with van der Waals surface area (Å²) in [5, 5.41) is 6.89. The van der Waals surface area contributed by atoms with Gasteiger partial charge in [-0.2, -0.15) is 5.10 Å². The van der Waals surface area contributed by atoms with Gasteiger partial charge in [-0.15, -0.1) is 0 Å². The van der Waals surface area contributed by atoms with Gasteiger partial charge in [-0.05, 0) is 18.9 Å². The van der Waals surface area contributed by atoms with Gasteiger partial charge in [0.1, 0.15) is 12.4 Å². The Morgan fingerprint density at radius 3 is 2.78 bits per heavy atom. The number of cyclic esters (lactones) is 1. The van der Waals surface area contributed by atoms with Gasteiger partial charge in [-0.1, -0.05) is 30.3 Å². The Balaban J connectivity index is 1.54. The lowest BCUT2D eigenvalue weighted by atomic mass is 10.2. The zero-order chi connectivity index (χ0) is 19.2. The molecule has 1 aliphatic heterocycles. The number of ether oxygens (including phenoxy) is 1. The molecule has 9 nitrogen and oxygen atoms in total. The maximum atomic E-state index is 12.5. The smallest absolute Gasteiger partial charge is 0.409 e. The van der Waals surface area contributed by atoms with Crippen LogP contribution in [0.25, 0.3) is 0 Å². The Morgan fingerprint density at radius 1 is 1.26 bits per heavy atom. The molecule has 0 spiro atoms. The van der Waals surface area contributed by atoms with E-state index < -0.39 is 0 Å². The molecule has 0 aliphatic carbocycles. The molecule has 3 rings (SSSR count). The van der Waals surface area contributed by atoms with Gasteiger partial charge in [0.2, 0.25) is 5.91 Å². The van der Waals surface area contributed by atoms with Crippen LogP contribution in [0.3, 0.4) is 0 Å². The van der Waals surface area contributed by atoms with Crippen LogP contribution in [0, 0.1) is 6.92 Å². The second kappa shape index (κ2) is 8.52. The summed E-state index contributed by atoms with van der Waals surface area (Å²) in [6, 6.07) is 9.59. The number of nitrogens with zero attached hydrogens (tertiary/aromatic N) is 4. The predicted octanol–water partition coefficient (Wildman–Crippen LogP) is 0.360. The summed E-state index contributed by atoms with van der Waals surface area (Å²) in [6.45, 7) is 3.72. The first kappa shape index (κ1) is 18.7. The van der Waals surface area contributed by atoms with Gasteiger partial charge in [0.05, 0.1) is 13.2 Å². The third kappa shape index (κ3) is 4.75. The molecule has 1 aromatic carbocycles. The van der Waals surface area contributed by atoms with Crippen molar-refractivity contribution in [3.05, 3.63) is 52.2 Å². The summed E-state index contributed by atoms with van der Waals surface area (Å²) in [5.74, 6) is 0.222. The maximum Gasteiger partial charge on any atom is 0.409 e. The number of aromatic nitrogens is 3. The highest BCUT2D eigenvalue weighted by molar-refractivity contribution is 5.75. The third-order valence-electron chi connectivity index (χ3n) is 4.34. The summed E-state index contributed by atoms with van der Waals surface area (Å²) in [4.78, 5) is 37.7. The number of nitrogens with one attached hydrogen (secondary N) is 1. The molecule has 0 bridgehead atoms. The third-order valence-corrected chi connectivity index (χ3v) is 4.34. The first-order valence-electron chi connectivity index (χ1n) is 8.91. The Hall–Kier alpha value is -3.10. The predicted molar refractivity (Wildman–Crippen MR) is 97.3 cm³/mol. The number of carbonyl (C=O) groups is 2. The highest BCUT2D eigenvalue weighted by atomic mass is 16.6. The van der Waals surface area contributed by atoms with Crippen molar-refractivity contribution < 1.29 is 14.3 Å². The van der Waals surface area contributed by atoms with Gasteiger partial charge in [0, 0.05) is 19.6 Å². The van der Waals surface area contributed by atoms with Crippen molar-refractivity contribution in [3.8, 4) is 0 Å². The van der Waals surface area contributed by atoms with Crippen LogP contribution in [0.5, 0.6) is 0 Å². The van der Waals surface area contributed by atoms with Crippen LogP contribution >= 0.6 is 0 Å². The summed E-state index contributed by atoms with van der Waals surface area (Å²) in [6.07, 6.45) is 0.426. The number of amides is 2. The van der Waals surface area contributed by atoms with E-state index in [-0.39, 0.29) is 24.2 Å². The van der Waals surface area contributed by atoms with Gasteiger partial charge in [-0.25, -0.2) is 14.3 Å². The average molecular weight is 373 g/mol. The van der Waals surface area contributed by atoms with Crippen molar-refractivity contribution in [1.82, 2.24) is 24.6 Å². The van der Waals surface area contributed by atoms with E-state index in [1.165, 1.54) is 4.57 Å². The fourth-order valence-corrected chi connectivity index (χ4v) is 2.92. The normalized spacial score (nSPS) is 14.1. The molecule has 1 saturated heterocycles. The van der Waals surface area contributed by atoms with Gasteiger partial charge < -0.3 is 15.0 Å². The van der Waals surface area contributed by atoms with Crippen molar-refractivity contribution >= 4 is 12.0 Å². The molecule has 2 aromatic rings. The lowest BCUT2D eigenvalue weighted by Crippen LogP contribution is -2.43. The molecule has 0 atom stereocenters. The molecule has 144 valence electrons. The Bertz CT molecular complexity index is 858. The van der Waals surface area contributed by atoms with Crippen LogP contribution in [0.2, 0.25) is 0 Å². The molecular weight excluding hydrogens is 350 g/mol. The van der Waals surface area contributed by atoms with Gasteiger partial charge in [0.25, 0.3) is 0 Å². The number of rotatable bonds is 7. The minimum absolute atomic E-state index is 0.161. The topological polar surface area (TPSA) is 98.5 Å². The molecule has 1 N–H and O–H groups in total. The summed E-state index contributed by atoms with van der Waals surface area (Å²) in [7, 11) is 0. The molecule has 0 unspecified atom stereocenters. The molecular formula is C18H23N5O4. The SMILES string of the molecule is Cc1nn(CC(=O)NCCN2CCCOC2=O)c(=O)n1Cc1ccccc1. The van der Waals surface area contributed by atoms with E-state index in [1.54, 1.807) is 11.8 Å². The minimum Gasteiger partial charge on any atom is -0.449 e. The van der Waals surface area contributed by atoms with E-state index in [9.17, 15) is 14.4 Å². The highest BCUT2D eigenvalue weighted by Crippen LogP contribution is 2.03. The molecule has 9 heteroatoms. The highest BCUT2D eigenvalue weighted by Gasteiger charge is 2.19. The number of carbonyl (C=O) groups excluding carboxylic acids is 2. The summed E-state index contributed by atoms with van der Waals surface area (Å²) < 4.78 is 7.63. The zero-order valence-corrected chi connectivity index (χ0v) is 15.3. The number of hydrogen-bond acceptors (Lipinski definition) is 5. The van der Waals surface area contributed by atoms with E-state index in [0.29, 0.717) is 38.6 Å². The monoisotopic (exact) mass is 373 g/mol. The minimum atomic E-state index is -0.359. The molecule has 0 saturated carbocycles. The van der Waals surface area contributed by atoms with E-state index >= 15 is 0 Å². The van der Waals surface area contributed by atoms with Crippen LogP contribution in [-0.4, -0.2) is 57.5 Å². The Kier molecular flexibility index (Phi) is 5.90. The van der Waals surface area contributed by atoms with Gasteiger partial charge in [-0.3, -0.25) is 9.36 Å². The Morgan fingerprint density at radius 2 is 2.04 bits per heavy atom. The summed E-state index contributed by atoms with van der Waals surface area (Å²) in [5.41, 5.74) is 0.659. The van der Waals surface area contributed by atoms with Gasteiger partial charge in [0.15, 0.2) is 0 Å². The van der Waals surface area contributed by atoms with E-state index in [4.69, 9.17) is 4.74 Å². The second-order valence-electron chi connectivity index (χ2n) is 6.36. The summed E-state index contributed by atoms with van der Waals surface area (Å²) >= 11 is 0. The first-order chi connectivity index (χ1) is 13.0. The van der Waals surface area contributed by atoms with Crippen molar-refractivity contribution in [2.45, 2.75) is 26.4 Å². The van der Waals surface area contributed by atoms with Crippen molar-refractivity contribution in [1.29, 1.82) is 0 Å². The van der Waals surface area contributed by atoms with E-state index in [0.717, 1.165) is 16.7 Å². The molecule has 2 heterocycles. The molecule has 1 aliphatic rings. The largest absolute Gasteiger partial charge is 0.449 e. The van der Waals surface area contributed by atoms with Crippen LogP contribution in [0.4, 0.5) is 4.79 Å². The zero-order valence-electron chi connectivity index (χ0n) is 15.3. The molecule has 1 aromatic heterocycles. The number of benzene rings is 1. The lowest BCUT2D eigenvalue weighted by molar-refractivity contribution is -0.122. The van der Waals surface area contributed by atoms with Gasteiger partial charge >= 0.3 is 11.8 Å². The maximum absolute atomic E-state index is 12.5. The van der Waals surface area contributed by atoms with Crippen molar-refractivity contribution in [3.63, 3.8) is 0 Å². The first-order valence-corrected chi connectivity index (χ1v) is 8.91. The van der Waals surface area contributed by atoms with Crippen LogP contribution in [-0.2, 0) is 22.6 Å². The molecule has 1 fully saturated rings. The fraction of sp³-hybridized carbons (Fsp3) is 0.444. The number of aryl methyl sites for hydroxylation is 1. The van der Waals surface area contributed by atoms with Crippen molar-refractivity contribution in [2.24, 2.45) is 0 Å². The van der Waals surface area contributed by atoms with Crippen LogP contribution in [0.1, 0.15) is 17.8 Å². The van der Waals surface area contributed by atoms with Crippen molar-refractivity contribution in [2.75, 3.05) is 26.2 Å². The second-order valence-corrected chi connectivity index (χ2v) is 6.36. The molecule has 2 amide bonds. The Labute approximate surface area is 156 Å². The van der Waals surface area contributed by atoms with E-state index in [2.05, 4.69) is 10.4 Å². The quantitative estimate of drug-likeness (QED) is 0.756. The standard InChI is InChI=1S/C18H23N5O4/c1-14-20-23(17(25)22(14)12-15-6-3-2-4-7-15)13-16(24)19-8-10-21-9-5-11-27-18(21)26/h2-4,6-7H,5,8-13H2,1H3,(H,19,24). The van der Waals surface area contributed by atoms with Crippen LogP contribution in [0.15, 0.2) is 35.1 Å². The molecule has 27 heavy (non-hydrogen) atoms. The lowest BCUT2D eigenvalue weighted by Gasteiger charge is -2.26.